The zero-order valence-electron chi connectivity index (χ0n) is 6.23. The minimum Gasteiger partial charge on any atom is -0.324 e. The molecule has 0 bridgehead atoms. The minimum atomic E-state index is 0.474. The van der Waals surface area contributed by atoms with Crippen LogP contribution in [0.5, 0.6) is 0 Å². The van der Waals surface area contributed by atoms with Gasteiger partial charge in [-0.3, -0.25) is 0 Å². The van der Waals surface area contributed by atoms with Crippen molar-refractivity contribution in [1.29, 1.82) is 0 Å². The summed E-state index contributed by atoms with van der Waals surface area (Å²) >= 11 is 3.21. The molecule has 2 heterocycles. The van der Waals surface area contributed by atoms with Crippen molar-refractivity contribution >= 4 is 22.7 Å². The Kier molecular flexibility index (Phi) is 2.16. The maximum atomic E-state index is 5.43. The van der Waals surface area contributed by atoms with Gasteiger partial charge in [0, 0.05) is 17.5 Å². The van der Waals surface area contributed by atoms with E-state index in [1.165, 1.54) is 0 Å². The lowest BCUT2D eigenvalue weighted by Gasteiger charge is -1.83. The third kappa shape index (κ3) is 1.38. The largest absolute Gasteiger partial charge is 0.324 e. The van der Waals surface area contributed by atoms with Gasteiger partial charge in [-0.15, -0.1) is 10.2 Å². The van der Waals surface area contributed by atoms with Crippen molar-refractivity contribution in [2.24, 2.45) is 5.73 Å². The van der Waals surface area contributed by atoms with Gasteiger partial charge in [-0.2, -0.15) is 11.3 Å². The number of aromatic nitrogens is 2. The Hall–Kier alpha value is -0.780. The van der Waals surface area contributed by atoms with Crippen LogP contribution in [0.3, 0.4) is 0 Å². The molecule has 12 heavy (non-hydrogen) atoms. The standard InChI is InChI=1S/C7H7N3S2/c8-3-6-9-10-7(12-6)5-1-2-11-4-5/h1-2,4H,3,8H2. The molecule has 0 aliphatic carbocycles. The van der Waals surface area contributed by atoms with Gasteiger partial charge < -0.3 is 5.73 Å². The molecule has 2 aromatic rings. The molecule has 5 heteroatoms. The topological polar surface area (TPSA) is 51.8 Å². The number of nitrogens with zero attached hydrogens (tertiary/aromatic N) is 2. The summed E-state index contributed by atoms with van der Waals surface area (Å²) in [6.45, 7) is 0.474. The van der Waals surface area contributed by atoms with Gasteiger partial charge in [0.15, 0.2) is 0 Å². The number of hydrogen-bond acceptors (Lipinski definition) is 5. The van der Waals surface area contributed by atoms with Crippen LogP contribution in [0.15, 0.2) is 16.8 Å². The van der Waals surface area contributed by atoms with Crippen LogP contribution in [0.25, 0.3) is 10.6 Å². The molecular formula is C7H7N3S2. The summed E-state index contributed by atoms with van der Waals surface area (Å²) in [5.74, 6) is 0. The van der Waals surface area contributed by atoms with Crippen molar-refractivity contribution in [2.75, 3.05) is 0 Å². The van der Waals surface area contributed by atoms with Gasteiger partial charge >= 0.3 is 0 Å². The summed E-state index contributed by atoms with van der Waals surface area (Å²) < 4.78 is 0. The Labute approximate surface area is 77.9 Å². The molecule has 3 nitrogen and oxygen atoms in total. The summed E-state index contributed by atoms with van der Waals surface area (Å²) in [5, 5.41) is 13.9. The molecule has 0 atom stereocenters. The van der Waals surface area contributed by atoms with E-state index in [4.69, 9.17) is 5.73 Å². The first-order valence-electron chi connectivity index (χ1n) is 3.45. The lowest BCUT2D eigenvalue weighted by atomic mass is 10.4. The Balaban J connectivity index is 2.35. The van der Waals surface area contributed by atoms with E-state index in [9.17, 15) is 0 Å². The number of nitrogens with two attached hydrogens (primary N) is 1. The van der Waals surface area contributed by atoms with E-state index in [-0.39, 0.29) is 0 Å². The van der Waals surface area contributed by atoms with E-state index in [2.05, 4.69) is 15.6 Å². The van der Waals surface area contributed by atoms with Crippen LogP contribution < -0.4 is 5.73 Å². The maximum absolute atomic E-state index is 5.43. The molecular weight excluding hydrogens is 190 g/mol. The van der Waals surface area contributed by atoms with Crippen molar-refractivity contribution < 1.29 is 0 Å². The van der Waals surface area contributed by atoms with Gasteiger partial charge in [0.25, 0.3) is 0 Å². The van der Waals surface area contributed by atoms with E-state index < -0.39 is 0 Å². The Morgan fingerprint density at radius 1 is 1.42 bits per heavy atom. The summed E-state index contributed by atoms with van der Waals surface area (Å²) in [6.07, 6.45) is 0. The quantitative estimate of drug-likeness (QED) is 0.797. The summed E-state index contributed by atoms with van der Waals surface area (Å²) in [6, 6.07) is 2.03. The summed E-state index contributed by atoms with van der Waals surface area (Å²) in [4.78, 5) is 0. The molecule has 2 aromatic heterocycles. The molecule has 2 N–H and O–H groups in total. The molecule has 62 valence electrons. The second kappa shape index (κ2) is 3.30. The van der Waals surface area contributed by atoms with E-state index in [1.807, 2.05) is 11.4 Å². The van der Waals surface area contributed by atoms with Crippen molar-refractivity contribution in [3.63, 3.8) is 0 Å². The molecule has 0 aliphatic heterocycles. The van der Waals surface area contributed by atoms with Gasteiger partial charge in [-0.05, 0) is 11.4 Å². The first kappa shape index (κ1) is 7.85. The number of hydrogen-bond donors (Lipinski definition) is 1. The molecule has 0 aromatic carbocycles. The second-order valence-corrected chi connectivity index (χ2v) is 4.06. The van der Waals surface area contributed by atoms with Crippen LogP contribution in [-0.2, 0) is 6.54 Å². The smallest absolute Gasteiger partial charge is 0.148 e. The highest BCUT2D eigenvalue weighted by Gasteiger charge is 2.04. The minimum absolute atomic E-state index is 0.474. The Bertz CT molecular complexity index is 352. The third-order valence-corrected chi connectivity index (χ3v) is 3.09. The molecule has 2 rings (SSSR count). The van der Waals surface area contributed by atoms with Crippen LogP contribution in [0.4, 0.5) is 0 Å². The van der Waals surface area contributed by atoms with E-state index in [1.54, 1.807) is 22.7 Å². The first-order valence-corrected chi connectivity index (χ1v) is 5.21. The lowest BCUT2D eigenvalue weighted by Crippen LogP contribution is -1.94. The Morgan fingerprint density at radius 3 is 2.92 bits per heavy atom. The number of thiophene rings is 1. The third-order valence-electron chi connectivity index (χ3n) is 1.41. The fourth-order valence-electron chi connectivity index (χ4n) is 0.839. The SMILES string of the molecule is NCc1nnc(-c2ccsc2)s1. The van der Waals surface area contributed by atoms with E-state index in [0.717, 1.165) is 15.6 Å². The normalized spacial score (nSPS) is 10.4. The summed E-state index contributed by atoms with van der Waals surface area (Å²) in [7, 11) is 0. The van der Waals surface area contributed by atoms with Crippen molar-refractivity contribution in [3.05, 3.63) is 21.8 Å². The zero-order chi connectivity index (χ0) is 8.39. The zero-order valence-corrected chi connectivity index (χ0v) is 7.86. The van der Waals surface area contributed by atoms with Gasteiger partial charge in [0.2, 0.25) is 0 Å². The highest BCUT2D eigenvalue weighted by Crippen LogP contribution is 2.24. The lowest BCUT2D eigenvalue weighted by molar-refractivity contribution is 0.960. The number of rotatable bonds is 2. The fraction of sp³-hybridized carbons (Fsp3) is 0.143. The monoisotopic (exact) mass is 197 g/mol. The second-order valence-electron chi connectivity index (χ2n) is 2.22. The van der Waals surface area contributed by atoms with Crippen LogP contribution in [0.2, 0.25) is 0 Å². The molecule has 0 radical (unpaired) electrons. The highest BCUT2D eigenvalue weighted by molar-refractivity contribution is 7.15. The molecule has 0 aliphatic rings. The highest BCUT2D eigenvalue weighted by atomic mass is 32.1. The van der Waals surface area contributed by atoms with Gasteiger partial charge in [0.05, 0.1) is 0 Å². The molecule has 0 saturated carbocycles. The molecule has 0 spiro atoms. The van der Waals surface area contributed by atoms with Crippen LogP contribution >= 0.6 is 22.7 Å². The van der Waals surface area contributed by atoms with Crippen LogP contribution in [-0.4, -0.2) is 10.2 Å². The first-order chi connectivity index (χ1) is 5.90. The molecule has 0 fully saturated rings. The van der Waals surface area contributed by atoms with Gasteiger partial charge in [-0.1, -0.05) is 11.3 Å². The predicted octanol–water partition coefficient (Wildman–Crippen LogP) is 1.73. The molecule has 0 amide bonds. The van der Waals surface area contributed by atoms with Gasteiger partial charge in [-0.25, -0.2) is 0 Å². The van der Waals surface area contributed by atoms with Crippen molar-refractivity contribution in [1.82, 2.24) is 10.2 Å². The molecule has 0 saturated heterocycles. The van der Waals surface area contributed by atoms with E-state index >= 15 is 0 Å². The van der Waals surface area contributed by atoms with Crippen LogP contribution in [0.1, 0.15) is 5.01 Å². The Morgan fingerprint density at radius 2 is 2.33 bits per heavy atom. The summed E-state index contributed by atoms with van der Waals surface area (Å²) in [5.41, 5.74) is 6.56. The maximum Gasteiger partial charge on any atom is 0.148 e. The van der Waals surface area contributed by atoms with E-state index in [0.29, 0.717) is 6.54 Å². The van der Waals surface area contributed by atoms with Crippen molar-refractivity contribution in [3.8, 4) is 10.6 Å². The van der Waals surface area contributed by atoms with Crippen molar-refractivity contribution in [2.45, 2.75) is 6.54 Å². The predicted molar refractivity (Wildman–Crippen MR) is 51.1 cm³/mol. The average molecular weight is 197 g/mol. The van der Waals surface area contributed by atoms with Crippen LogP contribution in [0, 0.1) is 0 Å². The fourth-order valence-corrected chi connectivity index (χ4v) is 2.27. The molecule has 0 unspecified atom stereocenters. The average Bonchev–Trinajstić information content (AvgIpc) is 2.75. The van der Waals surface area contributed by atoms with Gasteiger partial charge in [0.1, 0.15) is 10.0 Å².